The molecule has 0 amide bonds. The van der Waals surface area contributed by atoms with E-state index in [1.807, 2.05) is 6.07 Å². The first kappa shape index (κ1) is 11.2. The summed E-state index contributed by atoms with van der Waals surface area (Å²) in [7, 11) is 0. The number of fused-ring (bicyclic) bond motifs is 1. The number of hydrogen-bond acceptors (Lipinski definition) is 3. The van der Waals surface area contributed by atoms with Crippen molar-refractivity contribution in [3.8, 4) is 5.75 Å². The number of aromatic nitrogens is 1. The minimum absolute atomic E-state index is 0.241. The molecule has 0 aliphatic carbocycles. The first-order valence-electron chi connectivity index (χ1n) is 5.53. The van der Waals surface area contributed by atoms with Crippen molar-refractivity contribution in [1.82, 2.24) is 4.98 Å². The first-order valence-corrected chi connectivity index (χ1v) is 6.35. The normalized spacial score (nSPS) is 10.9. The molecule has 2 nitrogen and oxygen atoms in total. The summed E-state index contributed by atoms with van der Waals surface area (Å²) in [5.41, 5.74) is 1.81. The Hall–Kier alpha value is -1.94. The van der Waals surface area contributed by atoms with Gasteiger partial charge in [-0.15, -0.1) is 11.3 Å². The van der Waals surface area contributed by atoms with E-state index < -0.39 is 0 Å². The van der Waals surface area contributed by atoms with E-state index in [1.165, 1.54) is 23.5 Å². The number of nitrogens with zero attached hydrogens (tertiary/aromatic N) is 1. The third-order valence-electron chi connectivity index (χ3n) is 2.66. The van der Waals surface area contributed by atoms with E-state index in [4.69, 9.17) is 0 Å². The average Bonchev–Trinajstić information content (AvgIpc) is 2.70. The molecule has 0 fully saturated rings. The molecule has 18 heavy (non-hydrogen) atoms. The molecule has 0 radical (unpaired) electrons. The molecular formula is C14H10FNOS. The molecule has 0 aliphatic rings. The van der Waals surface area contributed by atoms with Gasteiger partial charge in [-0.2, -0.15) is 0 Å². The van der Waals surface area contributed by atoms with Crippen LogP contribution in [0, 0.1) is 5.82 Å². The Bertz CT molecular complexity index is 708. The summed E-state index contributed by atoms with van der Waals surface area (Å²) in [4.78, 5) is 4.45. The van der Waals surface area contributed by atoms with Gasteiger partial charge >= 0.3 is 0 Å². The van der Waals surface area contributed by atoms with Gasteiger partial charge in [0.15, 0.2) is 0 Å². The Morgan fingerprint density at radius 2 is 2.06 bits per heavy atom. The summed E-state index contributed by atoms with van der Waals surface area (Å²) in [5, 5.41) is 10.3. The van der Waals surface area contributed by atoms with Gasteiger partial charge in [0.25, 0.3) is 0 Å². The Balaban J connectivity index is 1.95. The summed E-state index contributed by atoms with van der Waals surface area (Å²) >= 11 is 1.48. The third kappa shape index (κ3) is 2.19. The van der Waals surface area contributed by atoms with Crippen molar-refractivity contribution in [2.45, 2.75) is 6.42 Å². The van der Waals surface area contributed by atoms with Crippen LogP contribution in [0.25, 0.3) is 10.2 Å². The average molecular weight is 259 g/mol. The third-order valence-corrected chi connectivity index (χ3v) is 3.68. The van der Waals surface area contributed by atoms with Gasteiger partial charge in [0.2, 0.25) is 0 Å². The maximum atomic E-state index is 13.1. The Morgan fingerprint density at radius 3 is 2.89 bits per heavy atom. The lowest BCUT2D eigenvalue weighted by Crippen LogP contribution is -1.85. The lowest BCUT2D eigenvalue weighted by Gasteiger charge is -1.98. The molecule has 0 saturated heterocycles. The predicted molar refractivity (Wildman–Crippen MR) is 70.5 cm³/mol. The van der Waals surface area contributed by atoms with Gasteiger partial charge in [-0.1, -0.05) is 12.1 Å². The summed E-state index contributed by atoms with van der Waals surface area (Å²) in [6.45, 7) is 0. The minimum Gasteiger partial charge on any atom is -0.508 e. The van der Waals surface area contributed by atoms with Crippen LogP contribution in [0.2, 0.25) is 0 Å². The smallest absolute Gasteiger partial charge is 0.124 e. The fraction of sp³-hybridized carbons (Fsp3) is 0.0714. The molecule has 2 aromatic carbocycles. The number of hydrogen-bond donors (Lipinski definition) is 1. The van der Waals surface area contributed by atoms with E-state index in [0.29, 0.717) is 6.42 Å². The molecule has 0 atom stereocenters. The van der Waals surface area contributed by atoms with Crippen LogP contribution in [0.15, 0.2) is 42.5 Å². The fourth-order valence-electron chi connectivity index (χ4n) is 1.86. The molecule has 1 aromatic heterocycles. The van der Waals surface area contributed by atoms with Crippen LogP contribution in [0.4, 0.5) is 4.39 Å². The molecule has 0 bridgehead atoms. The second-order valence-corrected chi connectivity index (χ2v) is 5.18. The molecule has 1 heterocycles. The zero-order valence-corrected chi connectivity index (χ0v) is 10.2. The Kier molecular flexibility index (Phi) is 2.72. The van der Waals surface area contributed by atoms with Gasteiger partial charge in [-0.3, -0.25) is 0 Å². The van der Waals surface area contributed by atoms with Crippen LogP contribution in [-0.4, -0.2) is 10.1 Å². The van der Waals surface area contributed by atoms with E-state index in [9.17, 15) is 9.50 Å². The summed E-state index contributed by atoms with van der Waals surface area (Å²) in [6.07, 6.45) is 0.648. The number of thiazole rings is 1. The van der Waals surface area contributed by atoms with Crippen molar-refractivity contribution < 1.29 is 9.50 Å². The quantitative estimate of drug-likeness (QED) is 0.760. The molecule has 1 N–H and O–H groups in total. The number of rotatable bonds is 2. The molecule has 4 heteroatoms. The number of benzene rings is 2. The SMILES string of the molecule is Oc1cccc(Cc2nc3ccc(F)cc3s2)c1. The van der Waals surface area contributed by atoms with Crippen molar-refractivity contribution in [1.29, 1.82) is 0 Å². The summed E-state index contributed by atoms with van der Waals surface area (Å²) in [5.74, 6) is 0.00899. The molecule has 0 unspecified atom stereocenters. The van der Waals surface area contributed by atoms with Crippen LogP contribution in [0.5, 0.6) is 5.75 Å². The number of phenolic OH excluding ortho intramolecular Hbond substituents is 1. The van der Waals surface area contributed by atoms with E-state index in [0.717, 1.165) is 20.8 Å². The highest BCUT2D eigenvalue weighted by atomic mass is 32.1. The van der Waals surface area contributed by atoms with E-state index in [-0.39, 0.29) is 11.6 Å². The van der Waals surface area contributed by atoms with E-state index in [2.05, 4.69) is 4.98 Å². The lowest BCUT2D eigenvalue weighted by molar-refractivity contribution is 0.474. The molecule has 3 aromatic rings. The number of halogens is 1. The monoisotopic (exact) mass is 259 g/mol. The fourth-order valence-corrected chi connectivity index (χ4v) is 2.89. The zero-order chi connectivity index (χ0) is 12.5. The van der Waals surface area contributed by atoms with Crippen molar-refractivity contribution in [2.75, 3.05) is 0 Å². The number of aromatic hydroxyl groups is 1. The van der Waals surface area contributed by atoms with E-state index >= 15 is 0 Å². The second-order valence-electron chi connectivity index (χ2n) is 4.07. The van der Waals surface area contributed by atoms with Crippen molar-refractivity contribution in [3.05, 3.63) is 58.9 Å². The molecule has 90 valence electrons. The first-order chi connectivity index (χ1) is 8.70. The highest BCUT2D eigenvalue weighted by Gasteiger charge is 2.06. The highest BCUT2D eigenvalue weighted by Crippen LogP contribution is 2.25. The highest BCUT2D eigenvalue weighted by molar-refractivity contribution is 7.18. The molecule has 0 spiro atoms. The summed E-state index contributed by atoms with van der Waals surface area (Å²) in [6, 6.07) is 11.7. The number of phenols is 1. The Morgan fingerprint density at radius 1 is 1.17 bits per heavy atom. The molecule has 0 saturated carbocycles. The van der Waals surface area contributed by atoms with Gasteiger partial charge < -0.3 is 5.11 Å². The predicted octanol–water partition coefficient (Wildman–Crippen LogP) is 3.73. The maximum Gasteiger partial charge on any atom is 0.124 e. The standard InChI is InChI=1S/C14H10FNOS/c15-10-4-5-12-13(8-10)18-14(16-12)7-9-2-1-3-11(17)6-9/h1-6,8,17H,7H2. The van der Waals surface area contributed by atoms with Gasteiger partial charge in [0.1, 0.15) is 11.6 Å². The van der Waals surface area contributed by atoms with Crippen LogP contribution >= 0.6 is 11.3 Å². The molecule has 3 rings (SSSR count). The van der Waals surface area contributed by atoms with Crippen LogP contribution < -0.4 is 0 Å². The minimum atomic E-state index is -0.241. The van der Waals surface area contributed by atoms with Crippen molar-refractivity contribution in [3.63, 3.8) is 0 Å². The molecular weight excluding hydrogens is 249 g/mol. The van der Waals surface area contributed by atoms with E-state index in [1.54, 1.807) is 24.3 Å². The lowest BCUT2D eigenvalue weighted by atomic mass is 10.1. The Labute approximate surface area is 107 Å². The van der Waals surface area contributed by atoms with Crippen LogP contribution in [-0.2, 0) is 6.42 Å². The topological polar surface area (TPSA) is 33.1 Å². The van der Waals surface area contributed by atoms with Gasteiger partial charge in [-0.05, 0) is 35.9 Å². The van der Waals surface area contributed by atoms with Crippen LogP contribution in [0.3, 0.4) is 0 Å². The van der Waals surface area contributed by atoms with Crippen LogP contribution in [0.1, 0.15) is 10.6 Å². The van der Waals surface area contributed by atoms with Crippen molar-refractivity contribution >= 4 is 21.6 Å². The van der Waals surface area contributed by atoms with Crippen molar-refractivity contribution in [2.24, 2.45) is 0 Å². The second kappa shape index (κ2) is 4.38. The summed E-state index contributed by atoms with van der Waals surface area (Å²) < 4.78 is 13.9. The van der Waals surface area contributed by atoms with Gasteiger partial charge in [0.05, 0.1) is 15.2 Å². The van der Waals surface area contributed by atoms with Gasteiger partial charge in [0, 0.05) is 6.42 Å². The largest absolute Gasteiger partial charge is 0.508 e. The van der Waals surface area contributed by atoms with Gasteiger partial charge in [-0.25, -0.2) is 9.37 Å². The zero-order valence-electron chi connectivity index (χ0n) is 9.43. The maximum absolute atomic E-state index is 13.1. The molecule has 0 aliphatic heterocycles.